The summed E-state index contributed by atoms with van der Waals surface area (Å²) in [6.07, 6.45) is 1.90. The van der Waals surface area contributed by atoms with Crippen molar-refractivity contribution in [3.63, 3.8) is 0 Å². The van der Waals surface area contributed by atoms with Gasteiger partial charge in [0.1, 0.15) is 5.58 Å². The topological polar surface area (TPSA) is 60.7 Å². The van der Waals surface area contributed by atoms with E-state index in [1.807, 2.05) is 39.0 Å². The summed E-state index contributed by atoms with van der Waals surface area (Å²) >= 11 is 0. The number of hydrogen-bond donors (Lipinski definition) is 1. The third-order valence-electron chi connectivity index (χ3n) is 4.45. The van der Waals surface area contributed by atoms with Crippen LogP contribution in [0.4, 0.5) is 5.69 Å². The minimum absolute atomic E-state index is 0.109. The molecule has 0 unspecified atom stereocenters. The van der Waals surface area contributed by atoms with Crippen LogP contribution in [0.1, 0.15) is 30.5 Å². The highest BCUT2D eigenvalue weighted by atomic mass is 16.5. The van der Waals surface area contributed by atoms with E-state index in [0.717, 1.165) is 16.5 Å². The summed E-state index contributed by atoms with van der Waals surface area (Å²) in [7, 11) is 0. The Morgan fingerprint density at radius 1 is 1.00 bits per heavy atom. The first-order chi connectivity index (χ1) is 13.0. The van der Waals surface area contributed by atoms with Crippen LogP contribution in [0.3, 0.4) is 0 Å². The molecule has 27 heavy (non-hydrogen) atoms. The van der Waals surface area contributed by atoms with Crippen molar-refractivity contribution in [2.24, 2.45) is 0 Å². The maximum Gasteiger partial charge on any atom is 0.228 e. The van der Waals surface area contributed by atoms with E-state index in [-0.39, 0.29) is 12.3 Å². The number of fused-ring (bicyclic) bond motifs is 1. The van der Waals surface area contributed by atoms with Crippen molar-refractivity contribution >= 4 is 22.6 Å². The summed E-state index contributed by atoms with van der Waals surface area (Å²) < 4.78 is 16.8. The van der Waals surface area contributed by atoms with E-state index in [4.69, 9.17) is 13.9 Å². The number of amides is 1. The van der Waals surface area contributed by atoms with Gasteiger partial charge in [0.05, 0.1) is 25.9 Å². The van der Waals surface area contributed by atoms with Gasteiger partial charge >= 0.3 is 0 Å². The van der Waals surface area contributed by atoms with E-state index in [0.29, 0.717) is 30.4 Å². The summed E-state index contributed by atoms with van der Waals surface area (Å²) in [5, 5.41) is 3.90. The van der Waals surface area contributed by atoms with Gasteiger partial charge < -0.3 is 19.2 Å². The van der Waals surface area contributed by atoms with Crippen LogP contribution in [0.25, 0.3) is 11.0 Å². The number of ether oxygens (including phenoxy) is 2. The van der Waals surface area contributed by atoms with Gasteiger partial charge in [-0.05, 0) is 63.1 Å². The fourth-order valence-corrected chi connectivity index (χ4v) is 2.98. The van der Waals surface area contributed by atoms with Crippen molar-refractivity contribution in [3.05, 3.63) is 53.3 Å². The summed E-state index contributed by atoms with van der Waals surface area (Å²) in [4.78, 5) is 12.5. The van der Waals surface area contributed by atoms with Gasteiger partial charge in [-0.1, -0.05) is 0 Å². The zero-order valence-electron chi connectivity index (χ0n) is 16.2. The van der Waals surface area contributed by atoms with Crippen molar-refractivity contribution in [1.82, 2.24) is 0 Å². The Morgan fingerprint density at radius 2 is 1.70 bits per heavy atom. The number of furan rings is 1. The lowest BCUT2D eigenvalue weighted by molar-refractivity contribution is -0.115. The minimum Gasteiger partial charge on any atom is -0.490 e. The van der Waals surface area contributed by atoms with Gasteiger partial charge in [0, 0.05) is 22.7 Å². The maximum absolute atomic E-state index is 12.5. The smallest absolute Gasteiger partial charge is 0.228 e. The molecule has 1 heterocycles. The molecular weight excluding hydrogens is 342 g/mol. The van der Waals surface area contributed by atoms with Crippen LogP contribution in [0, 0.1) is 13.8 Å². The Kier molecular flexibility index (Phi) is 5.69. The predicted octanol–water partition coefficient (Wildman–Crippen LogP) is 5.03. The average molecular weight is 367 g/mol. The molecule has 0 saturated carbocycles. The van der Waals surface area contributed by atoms with E-state index >= 15 is 0 Å². The maximum atomic E-state index is 12.5. The quantitative estimate of drug-likeness (QED) is 0.636. The zero-order valence-corrected chi connectivity index (χ0v) is 16.2. The SMILES string of the molecule is CCOc1ccc(NC(=O)Cc2coc3cc(C)c(C)cc23)cc1OCC. The van der Waals surface area contributed by atoms with E-state index < -0.39 is 0 Å². The summed E-state index contributed by atoms with van der Waals surface area (Å²) in [6, 6.07) is 9.48. The molecule has 5 heteroatoms. The predicted molar refractivity (Wildman–Crippen MR) is 107 cm³/mol. The number of carbonyl (C=O) groups excluding carboxylic acids is 1. The molecule has 1 amide bonds. The molecule has 3 aromatic rings. The summed E-state index contributed by atoms with van der Waals surface area (Å²) in [5.74, 6) is 1.18. The van der Waals surface area contributed by atoms with Crippen molar-refractivity contribution < 1.29 is 18.7 Å². The minimum atomic E-state index is -0.109. The summed E-state index contributed by atoms with van der Waals surface area (Å²) in [5.41, 5.74) is 4.71. The van der Waals surface area contributed by atoms with Gasteiger partial charge in [-0.2, -0.15) is 0 Å². The van der Waals surface area contributed by atoms with Gasteiger partial charge in [0.25, 0.3) is 0 Å². The lowest BCUT2D eigenvalue weighted by Crippen LogP contribution is -2.14. The van der Waals surface area contributed by atoms with E-state index in [1.54, 1.807) is 12.3 Å². The van der Waals surface area contributed by atoms with Gasteiger partial charge in [0.2, 0.25) is 5.91 Å². The highest BCUT2D eigenvalue weighted by molar-refractivity contribution is 5.95. The molecule has 5 nitrogen and oxygen atoms in total. The molecule has 0 aliphatic carbocycles. The van der Waals surface area contributed by atoms with E-state index in [1.165, 1.54) is 11.1 Å². The van der Waals surface area contributed by atoms with E-state index in [9.17, 15) is 4.79 Å². The molecule has 0 saturated heterocycles. The third kappa shape index (κ3) is 4.25. The van der Waals surface area contributed by atoms with Gasteiger partial charge in [0.15, 0.2) is 11.5 Å². The van der Waals surface area contributed by atoms with Crippen molar-refractivity contribution in [2.75, 3.05) is 18.5 Å². The normalized spacial score (nSPS) is 10.8. The molecule has 2 aromatic carbocycles. The molecule has 1 N–H and O–H groups in total. The molecule has 0 bridgehead atoms. The summed E-state index contributed by atoms with van der Waals surface area (Å²) in [6.45, 7) is 9.01. The largest absolute Gasteiger partial charge is 0.490 e. The van der Waals surface area contributed by atoms with Crippen LogP contribution in [0.2, 0.25) is 0 Å². The second kappa shape index (κ2) is 8.16. The molecule has 0 atom stereocenters. The Bertz CT molecular complexity index is 958. The number of aryl methyl sites for hydroxylation is 2. The number of rotatable bonds is 7. The Hall–Kier alpha value is -2.95. The lowest BCUT2D eigenvalue weighted by atomic mass is 10.0. The first-order valence-electron chi connectivity index (χ1n) is 9.18. The molecule has 142 valence electrons. The van der Waals surface area contributed by atoms with Crippen LogP contribution < -0.4 is 14.8 Å². The van der Waals surface area contributed by atoms with Gasteiger partial charge in [-0.25, -0.2) is 0 Å². The van der Waals surface area contributed by atoms with Crippen LogP contribution in [0.15, 0.2) is 41.0 Å². The average Bonchev–Trinajstić information content (AvgIpc) is 2.99. The molecule has 0 fully saturated rings. The van der Waals surface area contributed by atoms with Crippen LogP contribution in [-0.2, 0) is 11.2 Å². The first kappa shape index (κ1) is 18.8. The monoisotopic (exact) mass is 367 g/mol. The Morgan fingerprint density at radius 3 is 2.44 bits per heavy atom. The highest BCUT2D eigenvalue weighted by Gasteiger charge is 2.13. The lowest BCUT2D eigenvalue weighted by Gasteiger charge is -2.13. The van der Waals surface area contributed by atoms with Crippen molar-refractivity contribution in [2.45, 2.75) is 34.1 Å². The second-order valence-electron chi connectivity index (χ2n) is 6.45. The molecule has 0 aliphatic rings. The van der Waals surface area contributed by atoms with Crippen LogP contribution in [-0.4, -0.2) is 19.1 Å². The Balaban J connectivity index is 1.76. The number of benzene rings is 2. The first-order valence-corrected chi connectivity index (χ1v) is 9.18. The van der Waals surface area contributed by atoms with E-state index in [2.05, 4.69) is 18.3 Å². The molecule has 0 spiro atoms. The van der Waals surface area contributed by atoms with Crippen molar-refractivity contribution in [1.29, 1.82) is 0 Å². The molecule has 0 aliphatic heterocycles. The number of anilines is 1. The molecular formula is C22H25NO4. The number of carbonyl (C=O) groups is 1. The zero-order chi connectivity index (χ0) is 19.4. The van der Waals surface area contributed by atoms with Crippen LogP contribution in [0.5, 0.6) is 11.5 Å². The fraction of sp³-hybridized carbons (Fsp3) is 0.318. The number of nitrogens with one attached hydrogen (secondary N) is 1. The standard InChI is InChI=1S/C22H25NO4/c1-5-25-19-8-7-17(12-21(19)26-6-2)23-22(24)11-16-13-27-20-10-15(4)14(3)9-18(16)20/h7-10,12-13H,5-6,11H2,1-4H3,(H,23,24). The van der Waals surface area contributed by atoms with Crippen molar-refractivity contribution in [3.8, 4) is 11.5 Å². The highest BCUT2D eigenvalue weighted by Crippen LogP contribution is 2.31. The van der Waals surface area contributed by atoms with Crippen LogP contribution >= 0.6 is 0 Å². The third-order valence-corrected chi connectivity index (χ3v) is 4.45. The fourth-order valence-electron chi connectivity index (χ4n) is 2.98. The van der Waals surface area contributed by atoms with Gasteiger partial charge in [-0.15, -0.1) is 0 Å². The molecule has 0 radical (unpaired) electrons. The molecule has 3 rings (SSSR count). The Labute approximate surface area is 159 Å². The number of hydrogen-bond acceptors (Lipinski definition) is 4. The molecule has 1 aromatic heterocycles. The van der Waals surface area contributed by atoms with Gasteiger partial charge in [-0.3, -0.25) is 4.79 Å². The second-order valence-corrected chi connectivity index (χ2v) is 6.45.